The summed E-state index contributed by atoms with van der Waals surface area (Å²) in [5, 5.41) is 4.20. The van der Waals surface area contributed by atoms with Crippen LogP contribution in [0.4, 0.5) is 5.69 Å². The Morgan fingerprint density at radius 2 is 1.95 bits per heavy atom. The molecule has 0 atom stereocenters. The van der Waals surface area contributed by atoms with Gasteiger partial charge in [0, 0.05) is 25.7 Å². The highest BCUT2D eigenvalue weighted by Crippen LogP contribution is 2.31. The van der Waals surface area contributed by atoms with Crippen LogP contribution in [0, 0.1) is 0 Å². The fourth-order valence-corrected chi connectivity index (χ4v) is 4.05. The molecule has 1 aromatic carbocycles. The Hall–Kier alpha value is -0.780. The van der Waals surface area contributed by atoms with Crippen LogP contribution < -0.4 is 10.2 Å². The van der Waals surface area contributed by atoms with Gasteiger partial charge in [0.15, 0.2) is 9.84 Å². The number of rotatable bonds is 4. The van der Waals surface area contributed by atoms with Crippen molar-refractivity contribution >= 4 is 27.1 Å². The number of hydrogen-bond acceptors (Lipinski definition) is 4. The first-order chi connectivity index (χ1) is 9.55. The van der Waals surface area contributed by atoms with Gasteiger partial charge >= 0.3 is 0 Å². The van der Waals surface area contributed by atoms with Gasteiger partial charge in [-0.3, -0.25) is 0 Å². The molecule has 1 saturated carbocycles. The van der Waals surface area contributed by atoms with Gasteiger partial charge in [-0.2, -0.15) is 0 Å². The molecule has 0 unspecified atom stereocenters. The lowest BCUT2D eigenvalue weighted by Gasteiger charge is -2.31. The Balaban J connectivity index is 1.79. The Kier molecular flexibility index (Phi) is 3.93. The van der Waals surface area contributed by atoms with Crippen molar-refractivity contribution in [1.82, 2.24) is 5.32 Å². The normalized spacial score (nSPS) is 21.9. The second-order valence-electron chi connectivity index (χ2n) is 5.54. The standard InChI is InChI=1S/C14H19ClN2O2S/c15-13-3-1-2-11(10-16-12-4-5-12)14(13)17-6-8-20(18,19)9-7-17/h1-3,12,16H,4-10H2. The topological polar surface area (TPSA) is 49.4 Å². The minimum absolute atomic E-state index is 0.216. The molecule has 0 aromatic heterocycles. The summed E-state index contributed by atoms with van der Waals surface area (Å²) in [6.07, 6.45) is 2.50. The van der Waals surface area contributed by atoms with Gasteiger partial charge in [0.05, 0.1) is 22.2 Å². The minimum Gasteiger partial charge on any atom is -0.368 e. The molecule has 1 heterocycles. The van der Waals surface area contributed by atoms with Crippen molar-refractivity contribution in [1.29, 1.82) is 0 Å². The molecule has 1 N–H and O–H groups in total. The summed E-state index contributed by atoms with van der Waals surface area (Å²) in [6.45, 7) is 1.86. The Morgan fingerprint density at radius 1 is 1.25 bits per heavy atom. The van der Waals surface area contributed by atoms with Crippen LogP contribution in [-0.4, -0.2) is 39.1 Å². The van der Waals surface area contributed by atoms with Crippen molar-refractivity contribution in [3.05, 3.63) is 28.8 Å². The molecule has 2 fully saturated rings. The van der Waals surface area contributed by atoms with E-state index in [9.17, 15) is 8.42 Å². The average molecular weight is 315 g/mol. The van der Waals surface area contributed by atoms with E-state index in [-0.39, 0.29) is 11.5 Å². The molecule has 6 heteroatoms. The maximum absolute atomic E-state index is 11.5. The maximum atomic E-state index is 11.5. The first kappa shape index (κ1) is 14.2. The third-order valence-corrected chi connectivity index (χ3v) is 5.80. The van der Waals surface area contributed by atoms with Crippen LogP contribution in [0.1, 0.15) is 18.4 Å². The molecule has 0 radical (unpaired) electrons. The van der Waals surface area contributed by atoms with E-state index in [4.69, 9.17) is 11.6 Å². The van der Waals surface area contributed by atoms with Crippen molar-refractivity contribution in [2.24, 2.45) is 0 Å². The summed E-state index contributed by atoms with van der Waals surface area (Å²) in [4.78, 5) is 2.10. The summed E-state index contributed by atoms with van der Waals surface area (Å²) < 4.78 is 23.1. The summed E-state index contributed by atoms with van der Waals surface area (Å²) >= 11 is 6.35. The summed E-state index contributed by atoms with van der Waals surface area (Å²) in [5.41, 5.74) is 2.15. The molecule has 1 aliphatic carbocycles. The van der Waals surface area contributed by atoms with Crippen LogP contribution in [0.5, 0.6) is 0 Å². The zero-order chi connectivity index (χ0) is 14.2. The van der Waals surface area contributed by atoms with Gasteiger partial charge in [0.2, 0.25) is 0 Å². The number of anilines is 1. The van der Waals surface area contributed by atoms with Crippen LogP contribution in [0.15, 0.2) is 18.2 Å². The number of nitrogens with zero attached hydrogens (tertiary/aromatic N) is 1. The third-order valence-electron chi connectivity index (χ3n) is 3.89. The minimum atomic E-state index is -2.87. The monoisotopic (exact) mass is 314 g/mol. The Morgan fingerprint density at radius 3 is 2.60 bits per heavy atom. The Labute approximate surface area is 125 Å². The first-order valence-corrected chi connectivity index (χ1v) is 9.21. The number of hydrogen-bond donors (Lipinski definition) is 1. The van der Waals surface area contributed by atoms with Crippen LogP contribution in [0.3, 0.4) is 0 Å². The largest absolute Gasteiger partial charge is 0.368 e. The van der Waals surface area contributed by atoms with Crippen molar-refractivity contribution < 1.29 is 8.42 Å². The van der Waals surface area contributed by atoms with E-state index in [1.165, 1.54) is 12.8 Å². The molecule has 0 spiro atoms. The predicted molar refractivity (Wildman–Crippen MR) is 82.2 cm³/mol. The van der Waals surface area contributed by atoms with E-state index in [0.717, 1.165) is 17.8 Å². The average Bonchev–Trinajstić information content (AvgIpc) is 3.21. The quantitative estimate of drug-likeness (QED) is 0.921. The highest BCUT2D eigenvalue weighted by molar-refractivity contribution is 7.91. The van der Waals surface area contributed by atoms with Crippen LogP contribution in [0.2, 0.25) is 5.02 Å². The molecule has 0 amide bonds. The summed E-state index contributed by atoms with van der Waals surface area (Å²) in [6, 6.07) is 6.54. The zero-order valence-electron chi connectivity index (χ0n) is 11.3. The zero-order valence-corrected chi connectivity index (χ0v) is 12.9. The molecule has 4 nitrogen and oxygen atoms in total. The molecular formula is C14H19ClN2O2S. The van der Waals surface area contributed by atoms with E-state index < -0.39 is 9.84 Å². The van der Waals surface area contributed by atoms with Gasteiger partial charge in [-0.1, -0.05) is 23.7 Å². The molecule has 1 aromatic rings. The lowest BCUT2D eigenvalue weighted by molar-refractivity contribution is 0.586. The number of nitrogens with one attached hydrogen (secondary N) is 1. The Bertz CT molecular complexity index is 585. The van der Waals surface area contributed by atoms with Gasteiger partial charge in [-0.25, -0.2) is 8.42 Å². The predicted octanol–water partition coefficient (Wildman–Crippen LogP) is 1.83. The van der Waals surface area contributed by atoms with Crippen molar-refractivity contribution in [2.75, 3.05) is 29.5 Å². The molecule has 1 aliphatic heterocycles. The second kappa shape index (κ2) is 5.54. The van der Waals surface area contributed by atoms with Crippen LogP contribution in [0.25, 0.3) is 0 Å². The van der Waals surface area contributed by atoms with Crippen molar-refractivity contribution in [2.45, 2.75) is 25.4 Å². The van der Waals surface area contributed by atoms with E-state index in [2.05, 4.69) is 16.3 Å². The molecule has 2 aliphatic rings. The first-order valence-electron chi connectivity index (χ1n) is 7.01. The molecule has 1 saturated heterocycles. The van der Waals surface area contributed by atoms with Gasteiger partial charge in [-0.15, -0.1) is 0 Å². The van der Waals surface area contributed by atoms with E-state index in [0.29, 0.717) is 24.2 Å². The summed E-state index contributed by atoms with van der Waals surface area (Å²) in [5.74, 6) is 0.432. The molecule has 0 bridgehead atoms. The van der Waals surface area contributed by atoms with Crippen molar-refractivity contribution in [3.63, 3.8) is 0 Å². The number of halogens is 1. The van der Waals surface area contributed by atoms with E-state index in [1.807, 2.05) is 12.1 Å². The SMILES string of the molecule is O=S1(=O)CCN(c2c(Cl)cccc2CNC2CC2)CC1. The lowest BCUT2D eigenvalue weighted by Crippen LogP contribution is -2.41. The third kappa shape index (κ3) is 3.27. The van der Waals surface area contributed by atoms with E-state index >= 15 is 0 Å². The fraction of sp³-hybridized carbons (Fsp3) is 0.571. The molecule has 20 heavy (non-hydrogen) atoms. The smallest absolute Gasteiger partial charge is 0.153 e. The molecule has 3 rings (SSSR count). The van der Waals surface area contributed by atoms with Crippen molar-refractivity contribution in [3.8, 4) is 0 Å². The van der Waals surface area contributed by atoms with Gasteiger partial charge in [0.25, 0.3) is 0 Å². The number of para-hydroxylation sites is 1. The fourth-order valence-electron chi connectivity index (χ4n) is 2.53. The lowest BCUT2D eigenvalue weighted by atomic mass is 10.1. The van der Waals surface area contributed by atoms with Gasteiger partial charge < -0.3 is 10.2 Å². The van der Waals surface area contributed by atoms with Gasteiger partial charge in [-0.05, 0) is 24.5 Å². The van der Waals surface area contributed by atoms with Crippen LogP contribution in [-0.2, 0) is 16.4 Å². The van der Waals surface area contributed by atoms with E-state index in [1.54, 1.807) is 0 Å². The second-order valence-corrected chi connectivity index (χ2v) is 8.25. The highest BCUT2D eigenvalue weighted by atomic mass is 35.5. The molecule has 110 valence electrons. The van der Waals surface area contributed by atoms with Crippen LogP contribution >= 0.6 is 11.6 Å². The molecular weight excluding hydrogens is 296 g/mol. The van der Waals surface area contributed by atoms with Gasteiger partial charge in [0.1, 0.15) is 0 Å². The number of sulfone groups is 1. The maximum Gasteiger partial charge on any atom is 0.153 e. The number of benzene rings is 1. The highest BCUT2D eigenvalue weighted by Gasteiger charge is 2.25. The summed E-state index contributed by atoms with van der Waals surface area (Å²) in [7, 11) is -2.87.